The summed E-state index contributed by atoms with van der Waals surface area (Å²) in [7, 11) is 0. The summed E-state index contributed by atoms with van der Waals surface area (Å²) in [6.07, 6.45) is -4.71. The highest BCUT2D eigenvalue weighted by Crippen LogP contribution is 2.26. The second kappa shape index (κ2) is 8.01. The first-order valence-corrected chi connectivity index (χ1v) is 6.25. The molecule has 0 aliphatic heterocycles. The summed E-state index contributed by atoms with van der Waals surface area (Å²) in [6, 6.07) is 12.2. The topological polar surface area (TPSA) is 123 Å². The second-order valence-electron chi connectivity index (χ2n) is 4.16. The van der Waals surface area contributed by atoms with Crippen molar-refractivity contribution in [3.63, 3.8) is 0 Å². The molecule has 0 amide bonds. The summed E-state index contributed by atoms with van der Waals surface area (Å²) in [5.74, 6) is 7.60. The number of rotatable bonds is 4. The van der Waals surface area contributed by atoms with Crippen molar-refractivity contribution in [1.82, 2.24) is 0 Å². The van der Waals surface area contributed by atoms with Crippen molar-refractivity contribution in [2.75, 3.05) is 5.32 Å². The molecule has 9 heteroatoms. The molecule has 0 fully saturated rings. The molecule has 2 rings (SSSR count). The molecule has 0 aromatic heterocycles. The standard InChI is InChI=1S/C14H12F3N3O.H4N2.H2/c15-14(16,17)21-10-7-5-9(6-8-10)20-12-4-2-1-3-11(12)13(18)19;1-2;/h1-8,20H,(H3,18,19);1-2H2;1H. The van der Waals surface area contributed by atoms with Crippen molar-refractivity contribution < 1.29 is 19.3 Å². The van der Waals surface area contributed by atoms with E-state index in [2.05, 4.69) is 21.7 Å². The van der Waals surface area contributed by atoms with Gasteiger partial charge in [-0.25, -0.2) is 0 Å². The van der Waals surface area contributed by atoms with Crippen molar-refractivity contribution in [2.45, 2.75) is 6.36 Å². The van der Waals surface area contributed by atoms with Crippen LogP contribution in [0.2, 0.25) is 0 Å². The molecule has 0 aliphatic rings. The van der Waals surface area contributed by atoms with Crippen molar-refractivity contribution in [1.29, 1.82) is 5.41 Å². The van der Waals surface area contributed by atoms with Crippen molar-refractivity contribution in [3.05, 3.63) is 54.1 Å². The molecule has 0 atom stereocenters. The molecule has 0 saturated carbocycles. The third kappa shape index (κ3) is 5.85. The largest absolute Gasteiger partial charge is 0.573 e. The van der Waals surface area contributed by atoms with Gasteiger partial charge in [-0.1, -0.05) is 12.1 Å². The van der Waals surface area contributed by atoms with Gasteiger partial charge in [-0.15, -0.1) is 13.2 Å². The predicted molar refractivity (Wildman–Crippen MR) is 84.4 cm³/mol. The lowest BCUT2D eigenvalue weighted by molar-refractivity contribution is -0.274. The van der Waals surface area contributed by atoms with Crippen LogP contribution < -0.4 is 27.5 Å². The zero-order valence-corrected chi connectivity index (χ0v) is 11.9. The Morgan fingerprint density at radius 3 is 2.13 bits per heavy atom. The Morgan fingerprint density at radius 2 is 1.61 bits per heavy atom. The van der Waals surface area contributed by atoms with Crippen molar-refractivity contribution >= 4 is 17.2 Å². The number of amidine groups is 1. The molecule has 0 aliphatic carbocycles. The highest BCUT2D eigenvalue weighted by molar-refractivity contribution is 6.00. The molecular weight excluding hydrogens is 311 g/mol. The van der Waals surface area contributed by atoms with E-state index in [1.807, 2.05) is 0 Å². The molecule has 2 aromatic carbocycles. The van der Waals surface area contributed by atoms with E-state index in [0.29, 0.717) is 16.9 Å². The number of anilines is 2. The monoisotopic (exact) mass is 329 g/mol. The van der Waals surface area contributed by atoms with Gasteiger partial charge in [0, 0.05) is 18.4 Å². The van der Waals surface area contributed by atoms with Crippen LogP contribution in [-0.4, -0.2) is 12.2 Å². The Hall–Kier alpha value is -2.78. The van der Waals surface area contributed by atoms with E-state index in [0.717, 1.165) is 0 Å². The molecule has 6 nitrogen and oxygen atoms in total. The van der Waals surface area contributed by atoms with Gasteiger partial charge in [0.25, 0.3) is 0 Å². The Balaban J connectivity index is 0.00000170. The van der Waals surface area contributed by atoms with Gasteiger partial charge in [-0.05, 0) is 36.4 Å². The highest BCUT2D eigenvalue weighted by atomic mass is 19.4. The fraction of sp³-hybridized carbons (Fsp3) is 0.0714. The number of alkyl halides is 3. The van der Waals surface area contributed by atoms with Gasteiger partial charge in [0.15, 0.2) is 0 Å². The summed E-state index contributed by atoms with van der Waals surface area (Å²) < 4.78 is 40.0. The number of hydrazine groups is 1. The number of nitrogens with one attached hydrogen (secondary N) is 2. The molecule has 0 radical (unpaired) electrons. The summed E-state index contributed by atoms with van der Waals surface area (Å²) in [6.45, 7) is 0. The van der Waals surface area contributed by atoms with Gasteiger partial charge in [-0.3, -0.25) is 17.1 Å². The average molecular weight is 329 g/mol. The van der Waals surface area contributed by atoms with Crippen LogP contribution in [0.1, 0.15) is 6.99 Å². The van der Waals surface area contributed by atoms with E-state index < -0.39 is 6.36 Å². The molecule has 0 spiro atoms. The molecular formula is C14H18F3N5O. The number of nitrogen functional groups attached to an aromatic ring is 1. The number of hydrogen-bond acceptors (Lipinski definition) is 5. The van der Waals surface area contributed by atoms with Crippen LogP contribution >= 0.6 is 0 Å². The minimum atomic E-state index is -4.71. The molecule has 0 unspecified atom stereocenters. The van der Waals surface area contributed by atoms with Crippen LogP contribution in [-0.2, 0) is 0 Å². The highest BCUT2D eigenvalue weighted by Gasteiger charge is 2.30. The summed E-state index contributed by atoms with van der Waals surface area (Å²) in [5.41, 5.74) is 7.11. The van der Waals surface area contributed by atoms with Gasteiger partial charge >= 0.3 is 6.36 Å². The van der Waals surface area contributed by atoms with E-state index in [9.17, 15) is 13.2 Å². The van der Waals surface area contributed by atoms with Crippen LogP contribution in [0.25, 0.3) is 0 Å². The normalized spacial score (nSPS) is 10.3. The predicted octanol–water partition coefficient (Wildman–Crippen LogP) is 2.68. The smallest absolute Gasteiger partial charge is 0.406 e. The van der Waals surface area contributed by atoms with Gasteiger partial charge in [0.2, 0.25) is 0 Å². The Labute approximate surface area is 132 Å². The number of halogens is 3. The third-order valence-corrected chi connectivity index (χ3v) is 2.58. The van der Waals surface area contributed by atoms with E-state index in [-0.39, 0.29) is 13.0 Å². The molecule has 8 N–H and O–H groups in total. The van der Waals surface area contributed by atoms with Crippen LogP contribution in [0.4, 0.5) is 24.5 Å². The summed E-state index contributed by atoms with van der Waals surface area (Å²) >= 11 is 0. The van der Waals surface area contributed by atoms with Crippen LogP contribution in [0, 0.1) is 5.41 Å². The fourth-order valence-electron chi connectivity index (χ4n) is 1.72. The molecule has 0 saturated heterocycles. The zero-order valence-electron chi connectivity index (χ0n) is 11.9. The summed E-state index contributed by atoms with van der Waals surface area (Å²) in [5, 5.41) is 10.5. The van der Waals surface area contributed by atoms with E-state index >= 15 is 0 Å². The minimum absolute atomic E-state index is 0. The maximum Gasteiger partial charge on any atom is 0.573 e. The molecule has 126 valence electrons. The van der Waals surface area contributed by atoms with Gasteiger partial charge in [0.1, 0.15) is 11.6 Å². The SMILES string of the molecule is N=C(N)c1ccccc1Nc1ccc(OC(F)(F)F)cc1.NN.[HH]. The second-order valence-corrected chi connectivity index (χ2v) is 4.16. The molecule has 23 heavy (non-hydrogen) atoms. The van der Waals surface area contributed by atoms with Crippen LogP contribution in [0.5, 0.6) is 5.75 Å². The number of para-hydroxylation sites is 1. The number of hydrogen-bond donors (Lipinski definition) is 5. The lowest BCUT2D eigenvalue weighted by Gasteiger charge is -2.12. The maximum atomic E-state index is 12.1. The molecule has 0 bridgehead atoms. The first kappa shape index (κ1) is 18.3. The first-order chi connectivity index (χ1) is 10.8. The van der Waals surface area contributed by atoms with E-state index in [1.54, 1.807) is 24.3 Å². The lowest BCUT2D eigenvalue weighted by Crippen LogP contribution is -2.17. The van der Waals surface area contributed by atoms with Crippen molar-refractivity contribution in [3.8, 4) is 5.75 Å². The van der Waals surface area contributed by atoms with Crippen LogP contribution in [0.3, 0.4) is 0 Å². The molecule has 2 aromatic rings. The van der Waals surface area contributed by atoms with Gasteiger partial charge in [0.05, 0.1) is 0 Å². The lowest BCUT2D eigenvalue weighted by atomic mass is 10.1. The Morgan fingerprint density at radius 1 is 1.04 bits per heavy atom. The number of nitrogens with two attached hydrogens (primary N) is 3. The van der Waals surface area contributed by atoms with Gasteiger partial charge < -0.3 is 15.8 Å². The van der Waals surface area contributed by atoms with E-state index in [1.165, 1.54) is 24.3 Å². The van der Waals surface area contributed by atoms with Gasteiger partial charge in [-0.2, -0.15) is 0 Å². The van der Waals surface area contributed by atoms with E-state index in [4.69, 9.17) is 11.1 Å². The maximum absolute atomic E-state index is 12.1. The minimum Gasteiger partial charge on any atom is -0.406 e. The average Bonchev–Trinajstić information content (AvgIpc) is 2.50. The fourth-order valence-corrected chi connectivity index (χ4v) is 1.72. The Kier molecular flexibility index (Phi) is 6.36. The number of ether oxygens (including phenoxy) is 1. The zero-order chi connectivity index (χ0) is 17.5. The first-order valence-electron chi connectivity index (χ1n) is 6.25. The third-order valence-electron chi connectivity index (χ3n) is 2.58. The quantitative estimate of drug-likeness (QED) is 0.255. The van der Waals surface area contributed by atoms with Crippen LogP contribution in [0.15, 0.2) is 48.5 Å². The van der Waals surface area contributed by atoms with Crippen molar-refractivity contribution in [2.24, 2.45) is 17.4 Å². The Bertz CT molecular complexity index is 650. The molecule has 0 heterocycles. The number of benzene rings is 2. The summed E-state index contributed by atoms with van der Waals surface area (Å²) in [4.78, 5) is 0.